The molecule has 1 heterocycles. The Balaban J connectivity index is 2.12. The second-order valence-electron chi connectivity index (χ2n) is 3.79. The second kappa shape index (κ2) is 6.85. The topological polar surface area (TPSA) is 48.4 Å². The van der Waals surface area contributed by atoms with Crippen LogP contribution in [0.4, 0.5) is 0 Å². The lowest BCUT2D eigenvalue weighted by Gasteiger charge is -2.07. The van der Waals surface area contributed by atoms with Gasteiger partial charge in [0.05, 0.1) is 16.6 Å². The summed E-state index contributed by atoms with van der Waals surface area (Å²) in [7, 11) is 0. The average molecular weight is 401 g/mol. The summed E-state index contributed by atoms with van der Waals surface area (Å²) in [6.07, 6.45) is 1.65. The maximum absolute atomic E-state index is 11.5. The van der Waals surface area contributed by atoms with Gasteiger partial charge in [0.15, 0.2) is 0 Å². The summed E-state index contributed by atoms with van der Waals surface area (Å²) in [5.74, 6) is 0.702. The summed E-state index contributed by atoms with van der Waals surface area (Å²) in [6, 6.07) is 8.54. The number of carbonyl (C=O) groups is 1. The average Bonchev–Trinajstić information content (AvgIpc) is 2.43. The van der Waals surface area contributed by atoms with Crippen LogP contribution >= 0.6 is 31.9 Å². The van der Waals surface area contributed by atoms with Gasteiger partial charge in [0.25, 0.3) is 0 Å². The Morgan fingerprint density at radius 2 is 1.95 bits per heavy atom. The van der Waals surface area contributed by atoms with Gasteiger partial charge >= 0.3 is 5.97 Å². The highest BCUT2D eigenvalue weighted by atomic mass is 79.9. The Morgan fingerprint density at radius 1 is 1.25 bits per heavy atom. The second-order valence-corrected chi connectivity index (χ2v) is 5.56. The summed E-state index contributed by atoms with van der Waals surface area (Å²) in [4.78, 5) is 15.7. The Morgan fingerprint density at radius 3 is 2.55 bits per heavy atom. The Kier molecular flexibility index (Phi) is 5.14. The molecular formula is C14H11Br2NO3. The van der Waals surface area contributed by atoms with Crippen LogP contribution in [0.3, 0.4) is 0 Å². The normalized spacial score (nSPS) is 10.2. The first-order chi connectivity index (χ1) is 9.60. The Hall–Kier alpha value is -1.40. The van der Waals surface area contributed by atoms with Crippen LogP contribution in [0.15, 0.2) is 45.5 Å². The number of ether oxygens (including phenoxy) is 2. The molecule has 2 aromatic rings. The standard InChI is InChI=1S/C14H11Br2NO3/c1-2-19-14(18)9-3-5-11(6-4-9)20-13-12(16)7-10(15)8-17-13/h3-8H,2H2,1H3. The number of aromatic nitrogens is 1. The molecule has 0 aliphatic heterocycles. The molecule has 0 fully saturated rings. The minimum Gasteiger partial charge on any atom is -0.462 e. The zero-order valence-electron chi connectivity index (χ0n) is 10.6. The number of hydrogen-bond acceptors (Lipinski definition) is 4. The van der Waals surface area contributed by atoms with Crippen molar-refractivity contribution in [3.63, 3.8) is 0 Å². The van der Waals surface area contributed by atoms with E-state index in [1.54, 1.807) is 37.4 Å². The van der Waals surface area contributed by atoms with Gasteiger partial charge in [-0.05, 0) is 69.1 Å². The van der Waals surface area contributed by atoms with Crippen LogP contribution in [0.25, 0.3) is 0 Å². The highest BCUT2D eigenvalue weighted by molar-refractivity contribution is 9.11. The molecule has 4 nitrogen and oxygen atoms in total. The molecule has 0 bridgehead atoms. The molecule has 0 saturated carbocycles. The van der Waals surface area contributed by atoms with Crippen LogP contribution < -0.4 is 4.74 Å². The monoisotopic (exact) mass is 399 g/mol. The fourth-order valence-electron chi connectivity index (χ4n) is 1.46. The zero-order valence-corrected chi connectivity index (χ0v) is 13.8. The lowest BCUT2D eigenvalue weighted by atomic mass is 10.2. The molecule has 20 heavy (non-hydrogen) atoms. The van der Waals surface area contributed by atoms with Gasteiger partial charge in [0, 0.05) is 10.7 Å². The molecule has 0 saturated heterocycles. The van der Waals surface area contributed by atoms with E-state index in [-0.39, 0.29) is 5.97 Å². The van der Waals surface area contributed by atoms with Crippen molar-refractivity contribution < 1.29 is 14.3 Å². The van der Waals surface area contributed by atoms with Crippen LogP contribution in [-0.2, 0) is 4.74 Å². The van der Waals surface area contributed by atoms with Gasteiger partial charge in [0.1, 0.15) is 5.75 Å². The van der Waals surface area contributed by atoms with Crippen molar-refractivity contribution in [2.24, 2.45) is 0 Å². The van der Waals surface area contributed by atoms with Crippen molar-refractivity contribution in [3.05, 3.63) is 51.0 Å². The third-order valence-electron chi connectivity index (χ3n) is 2.35. The fourth-order valence-corrected chi connectivity index (χ4v) is 2.53. The quantitative estimate of drug-likeness (QED) is 0.705. The molecule has 104 valence electrons. The van der Waals surface area contributed by atoms with E-state index >= 15 is 0 Å². The van der Waals surface area contributed by atoms with Crippen molar-refractivity contribution >= 4 is 37.8 Å². The van der Waals surface area contributed by atoms with E-state index in [1.165, 1.54) is 0 Å². The largest absolute Gasteiger partial charge is 0.462 e. The lowest BCUT2D eigenvalue weighted by molar-refractivity contribution is 0.0526. The number of nitrogens with zero attached hydrogens (tertiary/aromatic N) is 1. The van der Waals surface area contributed by atoms with Crippen molar-refractivity contribution in [1.29, 1.82) is 0 Å². The van der Waals surface area contributed by atoms with Crippen LogP contribution in [0, 0.1) is 0 Å². The third-order valence-corrected chi connectivity index (χ3v) is 3.36. The van der Waals surface area contributed by atoms with E-state index in [1.807, 2.05) is 6.07 Å². The van der Waals surface area contributed by atoms with E-state index in [4.69, 9.17) is 9.47 Å². The molecule has 1 aromatic carbocycles. The van der Waals surface area contributed by atoms with Crippen molar-refractivity contribution in [3.8, 4) is 11.6 Å². The maximum Gasteiger partial charge on any atom is 0.338 e. The number of halogens is 2. The third kappa shape index (κ3) is 3.80. The highest BCUT2D eigenvalue weighted by Gasteiger charge is 2.08. The Bertz CT molecular complexity index is 614. The summed E-state index contributed by atoms with van der Waals surface area (Å²) < 4.78 is 12.1. The van der Waals surface area contributed by atoms with Crippen LogP contribution in [0.2, 0.25) is 0 Å². The smallest absolute Gasteiger partial charge is 0.338 e. The van der Waals surface area contributed by atoms with Crippen molar-refractivity contribution in [1.82, 2.24) is 4.98 Å². The van der Waals surface area contributed by atoms with E-state index < -0.39 is 0 Å². The van der Waals surface area contributed by atoms with Gasteiger partial charge in [-0.25, -0.2) is 9.78 Å². The SMILES string of the molecule is CCOC(=O)c1ccc(Oc2ncc(Br)cc2Br)cc1. The molecule has 2 rings (SSSR count). The summed E-state index contributed by atoms with van der Waals surface area (Å²) in [5.41, 5.74) is 0.488. The molecule has 0 radical (unpaired) electrons. The number of rotatable bonds is 4. The van der Waals surface area contributed by atoms with Gasteiger partial charge in [-0.3, -0.25) is 0 Å². The van der Waals surface area contributed by atoms with Crippen LogP contribution in [0.5, 0.6) is 11.6 Å². The molecule has 0 aliphatic rings. The maximum atomic E-state index is 11.5. The van der Waals surface area contributed by atoms with Gasteiger partial charge < -0.3 is 9.47 Å². The predicted octanol–water partition coefficient (Wildman–Crippen LogP) is 4.58. The highest BCUT2D eigenvalue weighted by Crippen LogP contribution is 2.29. The summed E-state index contributed by atoms with van der Waals surface area (Å²) in [5, 5.41) is 0. The predicted molar refractivity (Wildman–Crippen MR) is 82.1 cm³/mol. The summed E-state index contributed by atoms with van der Waals surface area (Å²) >= 11 is 6.69. The number of hydrogen-bond donors (Lipinski definition) is 0. The van der Waals surface area contributed by atoms with Crippen LogP contribution in [0.1, 0.15) is 17.3 Å². The lowest BCUT2D eigenvalue weighted by Crippen LogP contribution is -2.04. The van der Waals surface area contributed by atoms with E-state index in [9.17, 15) is 4.79 Å². The number of esters is 1. The number of carbonyl (C=O) groups excluding carboxylic acids is 1. The molecule has 0 spiro atoms. The minimum absolute atomic E-state index is 0.345. The molecule has 0 amide bonds. The van der Waals surface area contributed by atoms with Gasteiger partial charge in [-0.15, -0.1) is 0 Å². The fraction of sp³-hybridized carbons (Fsp3) is 0.143. The number of benzene rings is 1. The molecule has 0 atom stereocenters. The first kappa shape index (κ1) is 15.0. The van der Waals surface area contributed by atoms with Crippen molar-refractivity contribution in [2.75, 3.05) is 6.61 Å². The number of pyridine rings is 1. The van der Waals surface area contributed by atoms with Crippen LogP contribution in [-0.4, -0.2) is 17.6 Å². The Labute approximate surface area is 133 Å². The molecule has 0 N–H and O–H groups in total. The van der Waals surface area contributed by atoms with Gasteiger partial charge in [0.2, 0.25) is 5.88 Å². The van der Waals surface area contributed by atoms with E-state index in [0.717, 1.165) is 8.95 Å². The molecule has 1 aromatic heterocycles. The van der Waals surface area contributed by atoms with Crippen molar-refractivity contribution in [2.45, 2.75) is 6.92 Å². The van der Waals surface area contributed by atoms with Gasteiger partial charge in [-0.1, -0.05) is 0 Å². The molecule has 0 aliphatic carbocycles. The molecule has 6 heteroatoms. The molecule has 0 unspecified atom stereocenters. The van der Waals surface area contributed by atoms with Gasteiger partial charge in [-0.2, -0.15) is 0 Å². The van der Waals surface area contributed by atoms with E-state index in [0.29, 0.717) is 23.8 Å². The first-order valence-corrected chi connectivity index (χ1v) is 7.45. The minimum atomic E-state index is -0.345. The molecular weight excluding hydrogens is 390 g/mol. The van der Waals surface area contributed by atoms with E-state index in [2.05, 4.69) is 36.8 Å². The first-order valence-electron chi connectivity index (χ1n) is 5.86. The summed E-state index contributed by atoms with van der Waals surface area (Å²) in [6.45, 7) is 2.12. The zero-order chi connectivity index (χ0) is 14.5.